The molecule has 29 heavy (non-hydrogen) atoms. The lowest BCUT2D eigenvalue weighted by Gasteiger charge is -2.19. The SMILES string of the molecule is CNS(=O)(=O)c1ccc(NCC(c2ccccc2)c2ccccc2)c([N+](=O)[O-])c1. The van der Waals surface area contributed by atoms with Crippen molar-refractivity contribution in [3.8, 4) is 0 Å². The van der Waals surface area contributed by atoms with E-state index in [9.17, 15) is 18.5 Å². The van der Waals surface area contributed by atoms with Crippen molar-refractivity contribution >= 4 is 21.4 Å². The fraction of sp³-hybridized carbons (Fsp3) is 0.143. The van der Waals surface area contributed by atoms with Crippen molar-refractivity contribution in [2.24, 2.45) is 0 Å². The Morgan fingerprint density at radius 1 is 0.931 bits per heavy atom. The topological polar surface area (TPSA) is 101 Å². The molecule has 0 fully saturated rings. The minimum atomic E-state index is -3.77. The lowest BCUT2D eigenvalue weighted by atomic mass is 9.91. The quantitative estimate of drug-likeness (QED) is 0.434. The zero-order valence-corrected chi connectivity index (χ0v) is 16.6. The Morgan fingerprint density at radius 3 is 1.97 bits per heavy atom. The van der Waals surface area contributed by atoms with Gasteiger partial charge in [0, 0.05) is 18.5 Å². The van der Waals surface area contributed by atoms with Crippen LogP contribution in [-0.2, 0) is 10.0 Å². The van der Waals surface area contributed by atoms with Gasteiger partial charge in [0.05, 0.1) is 9.82 Å². The summed E-state index contributed by atoms with van der Waals surface area (Å²) >= 11 is 0. The van der Waals surface area contributed by atoms with Crippen LogP contribution >= 0.6 is 0 Å². The summed E-state index contributed by atoms with van der Waals surface area (Å²) in [6, 6.07) is 23.5. The number of nitro groups is 1. The molecule has 0 aromatic heterocycles. The van der Waals surface area contributed by atoms with Gasteiger partial charge in [-0.05, 0) is 30.3 Å². The molecule has 0 saturated heterocycles. The highest BCUT2D eigenvalue weighted by atomic mass is 32.2. The molecule has 8 heteroatoms. The van der Waals surface area contributed by atoms with Crippen molar-refractivity contribution < 1.29 is 13.3 Å². The Labute approximate surface area is 169 Å². The highest BCUT2D eigenvalue weighted by molar-refractivity contribution is 7.89. The molecule has 7 nitrogen and oxygen atoms in total. The molecule has 0 radical (unpaired) electrons. The third-order valence-corrected chi connectivity index (χ3v) is 6.06. The Bertz CT molecular complexity index is 1050. The Balaban J connectivity index is 1.93. The summed E-state index contributed by atoms with van der Waals surface area (Å²) < 4.78 is 26.1. The molecule has 0 saturated carbocycles. The molecule has 0 aliphatic carbocycles. The van der Waals surface area contributed by atoms with Gasteiger partial charge in [-0.15, -0.1) is 0 Å². The van der Waals surface area contributed by atoms with Gasteiger partial charge in [-0.3, -0.25) is 10.1 Å². The predicted octanol–water partition coefficient (Wildman–Crippen LogP) is 3.75. The smallest absolute Gasteiger partial charge is 0.293 e. The van der Waals surface area contributed by atoms with Crippen molar-refractivity contribution in [2.75, 3.05) is 18.9 Å². The fourth-order valence-corrected chi connectivity index (χ4v) is 3.86. The van der Waals surface area contributed by atoms with Crippen LogP contribution in [0.2, 0.25) is 0 Å². The van der Waals surface area contributed by atoms with Gasteiger partial charge in [0.2, 0.25) is 10.0 Å². The number of anilines is 1. The molecule has 0 aliphatic rings. The van der Waals surface area contributed by atoms with E-state index in [-0.39, 0.29) is 22.2 Å². The van der Waals surface area contributed by atoms with Crippen LogP contribution in [0.25, 0.3) is 0 Å². The molecule has 0 bridgehead atoms. The third kappa shape index (κ3) is 4.79. The summed E-state index contributed by atoms with van der Waals surface area (Å²) in [5.74, 6) is -0.0299. The minimum Gasteiger partial charge on any atom is -0.379 e. The van der Waals surface area contributed by atoms with E-state index >= 15 is 0 Å². The van der Waals surface area contributed by atoms with Gasteiger partial charge in [0.1, 0.15) is 5.69 Å². The molecule has 0 aliphatic heterocycles. The van der Waals surface area contributed by atoms with Crippen LogP contribution in [0.15, 0.2) is 83.8 Å². The zero-order valence-electron chi connectivity index (χ0n) is 15.8. The first-order valence-corrected chi connectivity index (χ1v) is 10.5. The molecule has 0 unspecified atom stereocenters. The van der Waals surface area contributed by atoms with Gasteiger partial charge >= 0.3 is 0 Å². The summed E-state index contributed by atoms with van der Waals surface area (Å²) in [6.07, 6.45) is 0. The Kier molecular flexibility index (Phi) is 6.26. The minimum absolute atomic E-state index is 0.0299. The van der Waals surface area contributed by atoms with Crippen LogP contribution in [0.4, 0.5) is 11.4 Å². The summed E-state index contributed by atoms with van der Waals surface area (Å²) in [5, 5.41) is 14.7. The third-order valence-electron chi connectivity index (χ3n) is 4.65. The van der Waals surface area contributed by atoms with Crippen molar-refractivity contribution in [1.29, 1.82) is 0 Å². The molecular weight excluding hydrogens is 390 g/mol. The molecule has 0 atom stereocenters. The van der Waals surface area contributed by atoms with Crippen LogP contribution in [0.1, 0.15) is 17.0 Å². The van der Waals surface area contributed by atoms with E-state index in [0.717, 1.165) is 17.2 Å². The van der Waals surface area contributed by atoms with Gasteiger partial charge in [-0.2, -0.15) is 0 Å². The predicted molar refractivity (Wildman–Crippen MR) is 113 cm³/mol. The highest BCUT2D eigenvalue weighted by Crippen LogP contribution is 2.30. The van der Waals surface area contributed by atoms with Crippen LogP contribution in [0.5, 0.6) is 0 Å². The van der Waals surface area contributed by atoms with Crippen LogP contribution in [0.3, 0.4) is 0 Å². The van der Waals surface area contributed by atoms with Gasteiger partial charge in [0.25, 0.3) is 5.69 Å². The van der Waals surface area contributed by atoms with Crippen molar-refractivity contribution in [1.82, 2.24) is 4.72 Å². The largest absolute Gasteiger partial charge is 0.379 e. The maximum atomic E-state index is 12.0. The van der Waals surface area contributed by atoms with Crippen molar-refractivity contribution in [3.63, 3.8) is 0 Å². The van der Waals surface area contributed by atoms with E-state index in [2.05, 4.69) is 10.0 Å². The van der Waals surface area contributed by atoms with Crippen LogP contribution < -0.4 is 10.0 Å². The van der Waals surface area contributed by atoms with E-state index in [1.54, 1.807) is 0 Å². The number of hydrogen-bond donors (Lipinski definition) is 2. The first-order chi connectivity index (χ1) is 13.9. The van der Waals surface area contributed by atoms with E-state index < -0.39 is 14.9 Å². The second-order valence-electron chi connectivity index (χ2n) is 6.40. The Morgan fingerprint density at radius 2 is 1.48 bits per heavy atom. The monoisotopic (exact) mass is 411 g/mol. The Hall–Kier alpha value is -3.23. The summed E-state index contributed by atoms with van der Waals surface area (Å²) in [5.41, 5.74) is 2.12. The molecule has 0 spiro atoms. The number of nitrogens with zero attached hydrogens (tertiary/aromatic N) is 1. The first-order valence-electron chi connectivity index (χ1n) is 8.98. The van der Waals surface area contributed by atoms with Gasteiger partial charge in [-0.25, -0.2) is 13.1 Å². The maximum Gasteiger partial charge on any atom is 0.293 e. The number of rotatable bonds is 8. The van der Waals surface area contributed by atoms with Gasteiger partial charge in [-0.1, -0.05) is 60.7 Å². The average Bonchev–Trinajstić information content (AvgIpc) is 2.75. The second kappa shape index (κ2) is 8.85. The molecular formula is C21H21N3O4S. The van der Waals surface area contributed by atoms with Crippen molar-refractivity contribution in [2.45, 2.75) is 10.8 Å². The standard InChI is InChI=1S/C21H21N3O4S/c1-22-29(27,28)18-12-13-20(21(14-18)24(25)26)23-15-19(16-8-4-2-5-9-16)17-10-6-3-7-11-17/h2-14,19,22-23H,15H2,1H3. The summed E-state index contributed by atoms with van der Waals surface area (Å²) in [6.45, 7) is 0.410. The number of benzene rings is 3. The molecule has 3 rings (SSSR count). The van der Waals surface area contributed by atoms with Crippen LogP contribution in [-0.4, -0.2) is 26.9 Å². The number of hydrogen-bond acceptors (Lipinski definition) is 5. The van der Waals surface area contributed by atoms with Crippen LogP contribution in [0, 0.1) is 10.1 Å². The van der Waals surface area contributed by atoms with E-state index in [0.29, 0.717) is 6.54 Å². The lowest BCUT2D eigenvalue weighted by Crippen LogP contribution is -2.19. The molecule has 0 heterocycles. The number of nitrogens with one attached hydrogen (secondary N) is 2. The summed E-state index contributed by atoms with van der Waals surface area (Å²) in [4.78, 5) is 10.8. The lowest BCUT2D eigenvalue weighted by molar-refractivity contribution is -0.384. The summed E-state index contributed by atoms with van der Waals surface area (Å²) in [7, 11) is -2.51. The number of sulfonamides is 1. The zero-order chi connectivity index (χ0) is 20.9. The molecule has 150 valence electrons. The molecule has 2 N–H and O–H groups in total. The van der Waals surface area contributed by atoms with E-state index in [4.69, 9.17) is 0 Å². The van der Waals surface area contributed by atoms with Gasteiger partial charge in [0.15, 0.2) is 0 Å². The van der Waals surface area contributed by atoms with E-state index in [1.807, 2.05) is 60.7 Å². The number of nitro benzene ring substituents is 1. The first kappa shape index (κ1) is 20.5. The van der Waals surface area contributed by atoms with Crippen molar-refractivity contribution in [3.05, 3.63) is 100 Å². The maximum absolute atomic E-state index is 12.0. The second-order valence-corrected chi connectivity index (χ2v) is 8.29. The average molecular weight is 411 g/mol. The normalized spacial score (nSPS) is 11.4. The molecule has 3 aromatic carbocycles. The highest BCUT2D eigenvalue weighted by Gasteiger charge is 2.21. The molecule has 0 amide bonds. The van der Waals surface area contributed by atoms with E-state index in [1.165, 1.54) is 19.2 Å². The fourth-order valence-electron chi connectivity index (χ4n) is 3.11. The molecule has 3 aromatic rings. The van der Waals surface area contributed by atoms with Gasteiger partial charge < -0.3 is 5.32 Å².